The minimum atomic E-state index is -0.136. The Hall–Kier alpha value is -2.43. The molecule has 0 radical (unpaired) electrons. The standard InChI is InChI=1S/C16H20N2O3/c1-18-7-5-12(11-18)4-6-17-16(19)13-8-14(20-2)10-15(9-13)21-3/h5,7-11H,4,6H2,1-3H3,(H,17,19). The van der Waals surface area contributed by atoms with Crippen molar-refractivity contribution >= 4 is 5.91 Å². The number of amides is 1. The number of hydrogen-bond acceptors (Lipinski definition) is 3. The monoisotopic (exact) mass is 288 g/mol. The van der Waals surface area contributed by atoms with Gasteiger partial charge in [-0.3, -0.25) is 4.79 Å². The zero-order valence-corrected chi connectivity index (χ0v) is 12.6. The van der Waals surface area contributed by atoms with Gasteiger partial charge in [-0.15, -0.1) is 0 Å². The molecule has 1 amide bonds. The fourth-order valence-corrected chi connectivity index (χ4v) is 2.07. The van der Waals surface area contributed by atoms with E-state index in [1.165, 1.54) is 5.56 Å². The normalized spacial score (nSPS) is 10.2. The molecule has 0 spiro atoms. The van der Waals surface area contributed by atoms with Crippen molar-refractivity contribution in [2.24, 2.45) is 7.05 Å². The van der Waals surface area contributed by atoms with Crippen LogP contribution in [0.15, 0.2) is 36.7 Å². The number of aryl methyl sites for hydroxylation is 1. The lowest BCUT2D eigenvalue weighted by molar-refractivity contribution is 0.0953. The molecule has 1 N–H and O–H groups in total. The highest BCUT2D eigenvalue weighted by atomic mass is 16.5. The number of carbonyl (C=O) groups excluding carboxylic acids is 1. The average Bonchev–Trinajstić information content (AvgIpc) is 2.92. The zero-order valence-electron chi connectivity index (χ0n) is 12.6. The highest BCUT2D eigenvalue weighted by molar-refractivity contribution is 5.95. The maximum Gasteiger partial charge on any atom is 0.251 e. The third-order valence-electron chi connectivity index (χ3n) is 3.21. The van der Waals surface area contributed by atoms with Crippen LogP contribution in [0.2, 0.25) is 0 Å². The summed E-state index contributed by atoms with van der Waals surface area (Å²) in [7, 11) is 5.10. The van der Waals surface area contributed by atoms with E-state index in [4.69, 9.17) is 9.47 Å². The van der Waals surface area contributed by atoms with Gasteiger partial charge in [0.05, 0.1) is 14.2 Å². The van der Waals surface area contributed by atoms with E-state index in [1.54, 1.807) is 32.4 Å². The first-order chi connectivity index (χ1) is 10.1. The fraction of sp³-hybridized carbons (Fsp3) is 0.312. The lowest BCUT2D eigenvalue weighted by Crippen LogP contribution is -2.25. The molecule has 0 saturated carbocycles. The molecule has 5 nitrogen and oxygen atoms in total. The molecule has 1 heterocycles. The minimum Gasteiger partial charge on any atom is -0.497 e. The quantitative estimate of drug-likeness (QED) is 0.884. The number of nitrogens with one attached hydrogen (secondary N) is 1. The molecule has 0 atom stereocenters. The number of ether oxygens (including phenoxy) is 2. The van der Waals surface area contributed by atoms with Gasteiger partial charge < -0.3 is 19.4 Å². The van der Waals surface area contributed by atoms with Crippen molar-refractivity contribution in [3.8, 4) is 11.5 Å². The van der Waals surface area contributed by atoms with Gasteiger partial charge in [0.2, 0.25) is 0 Å². The second-order valence-corrected chi connectivity index (χ2v) is 4.79. The molecule has 0 bridgehead atoms. The molecule has 5 heteroatoms. The van der Waals surface area contributed by atoms with Crippen molar-refractivity contribution in [1.82, 2.24) is 9.88 Å². The van der Waals surface area contributed by atoms with Gasteiger partial charge in [-0.05, 0) is 30.2 Å². The molecule has 1 aromatic heterocycles. The van der Waals surface area contributed by atoms with Crippen LogP contribution in [-0.2, 0) is 13.5 Å². The Bertz CT molecular complexity index is 597. The first-order valence-electron chi connectivity index (χ1n) is 6.74. The molecular weight excluding hydrogens is 268 g/mol. The van der Waals surface area contributed by atoms with E-state index in [2.05, 4.69) is 5.32 Å². The van der Waals surface area contributed by atoms with Crippen LogP contribution in [-0.4, -0.2) is 31.2 Å². The number of carbonyl (C=O) groups is 1. The summed E-state index contributed by atoms with van der Waals surface area (Å²) in [6.45, 7) is 0.586. The van der Waals surface area contributed by atoms with Crippen LogP contribution >= 0.6 is 0 Å². The van der Waals surface area contributed by atoms with E-state index in [0.717, 1.165) is 6.42 Å². The maximum atomic E-state index is 12.1. The number of benzene rings is 1. The number of rotatable bonds is 6. The largest absolute Gasteiger partial charge is 0.497 e. The Labute approximate surface area is 124 Å². The summed E-state index contributed by atoms with van der Waals surface area (Å²) < 4.78 is 12.3. The first-order valence-corrected chi connectivity index (χ1v) is 6.74. The molecule has 112 valence electrons. The van der Waals surface area contributed by atoms with Gasteiger partial charge in [0.15, 0.2) is 0 Å². The maximum absolute atomic E-state index is 12.1. The number of hydrogen-bond donors (Lipinski definition) is 1. The fourth-order valence-electron chi connectivity index (χ4n) is 2.07. The van der Waals surface area contributed by atoms with E-state index < -0.39 is 0 Å². The predicted molar refractivity (Wildman–Crippen MR) is 81.0 cm³/mol. The predicted octanol–water partition coefficient (Wildman–Crippen LogP) is 2.01. The molecular formula is C16H20N2O3. The van der Waals surface area contributed by atoms with E-state index >= 15 is 0 Å². The lowest BCUT2D eigenvalue weighted by atomic mass is 10.1. The van der Waals surface area contributed by atoms with Crippen molar-refractivity contribution < 1.29 is 14.3 Å². The summed E-state index contributed by atoms with van der Waals surface area (Å²) in [5.74, 6) is 1.06. The lowest BCUT2D eigenvalue weighted by Gasteiger charge is -2.09. The summed E-state index contributed by atoms with van der Waals surface area (Å²) in [6.07, 6.45) is 4.83. The van der Waals surface area contributed by atoms with Crippen LogP contribution in [0.5, 0.6) is 11.5 Å². The third kappa shape index (κ3) is 4.02. The second kappa shape index (κ2) is 6.83. The molecule has 1 aromatic carbocycles. The molecule has 0 unspecified atom stereocenters. The van der Waals surface area contributed by atoms with Crippen LogP contribution in [0.25, 0.3) is 0 Å². The van der Waals surface area contributed by atoms with E-state index in [-0.39, 0.29) is 5.91 Å². The Kier molecular flexibility index (Phi) is 4.87. The Balaban J connectivity index is 1.96. The molecule has 21 heavy (non-hydrogen) atoms. The van der Waals surface area contributed by atoms with Crippen LogP contribution in [0.4, 0.5) is 0 Å². The van der Waals surface area contributed by atoms with E-state index in [9.17, 15) is 4.79 Å². The van der Waals surface area contributed by atoms with Crippen LogP contribution in [0, 0.1) is 0 Å². The van der Waals surface area contributed by atoms with Crippen LogP contribution in [0.3, 0.4) is 0 Å². The second-order valence-electron chi connectivity index (χ2n) is 4.79. The highest BCUT2D eigenvalue weighted by Gasteiger charge is 2.09. The van der Waals surface area contributed by atoms with Gasteiger partial charge in [0, 0.05) is 37.6 Å². The third-order valence-corrected chi connectivity index (χ3v) is 3.21. The summed E-state index contributed by atoms with van der Waals surface area (Å²) in [5.41, 5.74) is 1.72. The summed E-state index contributed by atoms with van der Waals surface area (Å²) in [4.78, 5) is 12.1. The smallest absolute Gasteiger partial charge is 0.251 e. The summed E-state index contributed by atoms with van der Waals surface area (Å²) >= 11 is 0. The molecule has 0 aliphatic carbocycles. The van der Waals surface area contributed by atoms with Gasteiger partial charge in [0.25, 0.3) is 5.91 Å². The topological polar surface area (TPSA) is 52.5 Å². The van der Waals surface area contributed by atoms with E-state index in [0.29, 0.717) is 23.6 Å². The molecule has 0 saturated heterocycles. The van der Waals surface area contributed by atoms with E-state index in [1.807, 2.05) is 30.1 Å². The van der Waals surface area contributed by atoms with Crippen molar-refractivity contribution in [1.29, 1.82) is 0 Å². The molecule has 0 aliphatic heterocycles. The van der Waals surface area contributed by atoms with Gasteiger partial charge in [-0.2, -0.15) is 0 Å². The first kappa shape index (κ1) is 15.0. The van der Waals surface area contributed by atoms with Crippen molar-refractivity contribution in [3.63, 3.8) is 0 Å². The average molecular weight is 288 g/mol. The molecule has 0 fully saturated rings. The minimum absolute atomic E-state index is 0.136. The summed E-state index contributed by atoms with van der Waals surface area (Å²) in [5, 5.41) is 2.90. The molecule has 2 aromatic rings. The highest BCUT2D eigenvalue weighted by Crippen LogP contribution is 2.22. The molecule has 0 aliphatic rings. The van der Waals surface area contributed by atoms with Gasteiger partial charge in [-0.25, -0.2) is 0 Å². The van der Waals surface area contributed by atoms with Gasteiger partial charge in [-0.1, -0.05) is 0 Å². The number of aromatic nitrogens is 1. The zero-order chi connectivity index (χ0) is 15.2. The van der Waals surface area contributed by atoms with Crippen molar-refractivity contribution in [3.05, 3.63) is 47.8 Å². The number of nitrogens with zero attached hydrogens (tertiary/aromatic N) is 1. The van der Waals surface area contributed by atoms with Gasteiger partial charge >= 0.3 is 0 Å². The Morgan fingerprint density at radius 2 is 1.86 bits per heavy atom. The number of methoxy groups -OCH3 is 2. The summed E-state index contributed by atoms with van der Waals surface area (Å²) in [6, 6.07) is 7.17. The Morgan fingerprint density at radius 1 is 1.19 bits per heavy atom. The van der Waals surface area contributed by atoms with Gasteiger partial charge in [0.1, 0.15) is 11.5 Å². The van der Waals surface area contributed by atoms with Crippen LogP contribution < -0.4 is 14.8 Å². The Morgan fingerprint density at radius 3 is 2.38 bits per heavy atom. The SMILES string of the molecule is COc1cc(OC)cc(C(=O)NCCc2ccn(C)c2)c1. The van der Waals surface area contributed by atoms with Crippen LogP contribution in [0.1, 0.15) is 15.9 Å². The van der Waals surface area contributed by atoms with Crippen molar-refractivity contribution in [2.75, 3.05) is 20.8 Å². The van der Waals surface area contributed by atoms with Crippen molar-refractivity contribution in [2.45, 2.75) is 6.42 Å². The molecule has 2 rings (SSSR count).